The molecule has 3 nitrogen and oxygen atoms in total. The number of hydrogen-bond donors (Lipinski definition) is 1. The monoisotopic (exact) mass is 291 g/mol. The van der Waals surface area contributed by atoms with Crippen LogP contribution in [0.25, 0.3) is 0 Å². The van der Waals surface area contributed by atoms with Crippen LogP contribution in [0.5, 0.6) is 0 Å². The van der Waals surface area contributed by atoms with Crippen LogP contribution in [-0.2, 0) is 11.5 Å². The predicted molar refractivity (Wildman–Crippen MR) is 85.6 cm³/mol. The second kappa shape index (κ2) is 5.21. The van der Waals surface area contributed by atoms with Crippen molar-refractivity contribution in [2.45, 2.75) is 63.9 Å². The van der Waals surface area contributed by atoms with Gasteiger partial charge in [-0.3, -0.25) is 0 Å². The van der Waals surface area contributed by atoms with Crippen molar-refractivity contribution < 1.29 is 0 Å². The lowest BCUT2D eigenvalue weighted by molar-refractivity contribution is 0.167. The Morgan fingerprint density at radius 2 is 1.75 bits per heavy atom. The Balaban J connectivity index is 1.74. The van der Waals surface area contributed by atoms with Gasteiger partial charge in [-0.15, -0.1) is 0 Å². The van der Waals surface area contributed by atoms with Crippen molar-refractivity contribution in [1.29, 1.82) is 0 Å². The van der Waals surface area contributed by atoms with Crippen LogP contribution in [0.2, 0.25) is 0 Å². The number of anilines is 1. The number of rotatable bonds is 1. The van der Waals surface area contributed by atoms with Gasteiger partial charge >= 0.3 is 0 Å². The van der Waals surface area contributed by atoms with Crippen molar-refractivity contribution in [2.24, 2.45) is 11.3 Å². The van der Waals surface area contributed by atoms with Crippen molar-refractivity contribution in [3.8, 4) is 0 Å². The quantitative estimate of drug-likeness (QED) is 0.845. The minimum Gasteiger partial charge on any atom is -0.383 e. The maximum atomic E-state index is 6.11. The second-order valence-corrected chi connectivity index (χ2v) is 8.29. The lowest BCUT2D eigenvalue weighted by Gasteiger charge is -2.36. The van der Waals surface area contributed by atoms with E-state index in [1.807, 2.05) is 11.8 Å². The topological polar surface area (TPSA) is 51.8 Å². The Hall–Kier alpha value is -0.770. The Kier molecular flexibility index (Phi) is 3.69. The molecule has 0 saturated heterocycles. The molecule has 0 amide bonds. The zero-order valence-corrected chi connectivity index (χ0v) is 13.6. The fraction of sp³-hybridized carbons (Fsp3) is 0.750. The normalized spacial score (nSPS) is 26.6. The average Bonchev–Trinajstić information content (AvgIpc) is 2.86. The first-order chi connectivity index (χ1) is 9.45. The smallest absolute Gasteiger partial charge is 0.134 e. The van der Waals surface area contributed by atoms with Crippen molar-refractivity contribution in [3.63, 3.8) is 0 Å². The van der Waals surface area contributed by atoms with Gasteiger partial charge in [0.05, 0.1) is 5.69 Å². The van der Waals surface area contributed by atoms with Gasteiger partial charge in [-0.05, 0) is 37.0 Å². The maximum Gasteiger partial charge on any atom is 0.134 e. The third kappa shape index (κ3) is 2.67. The van der Waals surface area contributed by atoms with Crippen molar-refractivity contribution in [2.75, 3.05) is 5.73 Å². The zero-order valence-electron chi connectivity index (χ0n) is 12.8. The Bertz CT molecular complexity index is 499. The highest BCUT2D eigenvalue weighted by Gasteiger charge is 2.32. The first-order valence-corrected chi connectivity index (χ1v) is 8.83. The highest BCUT2D eigenvalue weighted by atomic mass is 32.2. The molecule has 1 aliphatic heterocycles. The molecule has 1 aromatic rings. The summed E-state index contributed by atoms with van der Waals surface area (Å²) in [5, 5.41) is 0. The van der Waals surface area contributed by atoms with Gasteiger partial charge in [-0.2, -0.15) is 11.8 Å². The molecule has 0 radical (unpaired) electrons. The summed E-state index contributed by atoms with van der Waals surface area (Å²) in [6, 6.07) is 0. The lowest BCUT2D eigenvalue weighted by atomic mass is 9.69. The molecule has 2 aliphatic rings. The van der Waals surface area contributed by atoms with E-state index in [1.165, 1.54) is 36.9 Å². The summed E-state index contributed by atoms with van der Waals surface area (Å²) in [5.41, 5.74) is 8.91. The summed E-state index contributed by atoms with van der Waals surface area (Å²) in [6.45, 7) is 7.08. The maximum absolute atomic E-state index is 6.11. The van der Waals surface area contributed by atoms with Crippen LogP contribution in [0.1, 0.15) is 69.5 Å². The van der Waals surface area contributed by atoms with E-state index in [0.717, 1.165) is 29.1 Å². The van der Waals surface area contributed by atoms with Crippen LogP contribution in [-0.4, -0.2) is 9.97 Å². The molecule has 1 aliphatic carbocycles. The summed E-state index contributed by atoms with van der Waals surface area (Å²) < 4.78 is 0. The molecule has 20 heavy (non-hydrogen) atoms. The van der Waals surface area contributed by atoms with E-state index < -0.39 is 0 Å². The van der Waals surface area contributed by atoms with Crippen LogP contribution < -0.4 is 5.73 Å². The van der Waals surface area contributed by atoms with Crippen molar-refractivity contribution >= 4 is 17.6 Å². The highest BCUT2D eigenvalue weighted by molar-refractivity contribution is 7.98. The summed E-state index contributed by atoms with van der Waals surface area (Å²) in [5.74, 6) is 5.09. The second-order valence-electron chi connectivity index (χ2n) is 7.30. The fourth-order valence-corrected chi connectivity index (χ4v) is 4.55. The van der Waals surface area contributed by atoms with Crippen LogP contribution >= 0.6 is 11.8 Å². The van der Waals surface area contributed by atoms with E-state index in [1.54, 1.807) is 0 Å². The predicted octanol–water partition coefficient (Wildman–Crippen LogP) is 4.13. The fourth-order valence-electron chi connectivity index (χ4n) is 3.50. The number of nitrogens with two attached hydrogens (primary N) is 1. The highest BCUT2D eigenvalue weighted by Crippen LogP contribution is 2.43. The molecule has 2 heterocycles. The summed E-state index contributed by atoms with van der Waals surface area (Å²) >= 11 is 1.89. The standard InChI is InChI=1S/C16H25N3S/c1-16(2,3)11-6-4-10(5-7-11)15-18-13-9-20-8-12(13)14(17)19-15/h10-11H,4-9H2,1-3H3,(H2,17,18,19). The van der Waals surface area contributed by atoms with E-state index >= 15 is 0 Å². The van der Waals surface area contributed by atoms with Gasteiger partial charge in [0.25, 0.3) is 0 Å². The van der Waals surface area contributed by atoms with Gasteiger partial charge in [0, 0.05) is 23.0 Å². The largest absolute Gasteiger partial charge is 0.383 e. The summed E-state index contributed by atoms with van der Waals surface area (Å²) in [6.07, 6.45) is 5.02. The molecular formula is C16H25N3S. The first-order valence-electron chi connectivity index (χ1n) is 7.68. The van der Waals surface area contributed by atoms with Gasteiger partial charge in [0.15, 0.2) is 0 Å². The van der Waals surface area contributed by atoms with E-state index in [4.69, 9.17) is 10.7 Å². The molecule has 2 N–H and O–H groups in total. The first kappa shape index (κ1) is 14.2. The molecule has 4 heteroatoms. The van der Waals surface area contributed by atoms with Gasteiger partial charge in [-0.1, -0.05) is 20.8 Å². The van der Waals surface area contributed by atoms with Crippen LogP contribution in [0.3, 0.4) is 0 Å². The number of hydrogen-bond acceptors (Lipinski definition) is 4. The molecule has 0 spiro atoms. The SMILES string of the molecule is CC(C)(C)C1CCC(c2nc(N)c3c(n2)CSC3)CC1. The van der Waals surface area contributed by atoms with Gasteiger partial charge < -0.3 is 5.73 Å². The molecule has 1 fully saturated rings. The Morgan fingerprint density at radius 1 is 1.05 bits per heavy atom. The van der Waals surface area contributed by atoms with Crippen LogP contribution in [0, 0.1) is 11.3 Å². The summed E-state index contributed by atoms with van der Waals surface area (Å²) in [7, 11) is 0. The molecule has 0 aromatic carbocycles. The average molecular weight is 291 g/mol. The number of nitrogens with zero attached hydrogens (tertiary/aromatic N) is 2. The molecule has 0 atom stereocenters. The van der Waals surface area contributed by atoms with E-state index in [2.05, 4.69) is 25.8 Å². The number of thioether (sulfide) groups is 1. The minimum absolute atomic E-state index is 0.430. The Morgan fingerprint density at radius 3 is 2.40 bits per heavy atom. The molecule has 0 unspecified atom stereocenters. The number of fused-ring (bicyclic) bond motifs is 1. The third-order valence-electron chi connectivity index (χ3n) is 4.94. The van der Waals surface area contributed by atoms with Crippen molar-refractivity contribution in [1.82, 2.24) is 9.97 Å². The van der Waals surface area contributed by atoms with E-state index in [-0.39, 0.29) is 0 Å². The van der Waals surface area contributed by atoms with E-state index in [0.29, 0.717) is 11.3 Å². The van der Waals surface area contributed by atoms with E-state index in [9.17, 15) is 0 Å². The lowest BCUT2D eigenvalue weighted by Crippen LogP contribution is -2.26. The van der Waals surface area contributed by atoms with Gasteiger partial charge in [-0.25, -0.2) is 9.97 Å². The number of nitrogen functional groups attached to an aromatic ring is 1. The van der Waals surface area contributed by atoms with Gasteiger partial charge in [0.2, 0.25) is 0 Å². The van der Waals surface area contributed by atoms with Crippen molar-refractivity contribution in [3.05, 3.63) is 17.1 Å². The van der Waals surface area contributed by atoms with Gasteiger partial charge in [0.1, 0.15) is 11.6 Å². The third-order valence-corrected chi connectivity index (χ3v) is 5.91. The summed E-state index contributed by atoms with van der Waals surface area (Å²) in [4.78, 5) is 9.42. The molecule has 1 aromatic heterocycles. The van der Waals surface area contributed by atoms with Crippen LogP contribution in [0.4, 0.5) is 5.82 Å². The molecule has 3 rings (SSSR count). The molecule has 110 valence electrons. The minimum atomic E-state index is 0.430. The Labute approximate surface area is 126 Å². The number of aromatic nitrogens is 2. The van der Waals surface area contributed by atoms with Crippen LogP contribution in [0.15, 0.2) is 0 Å². The molecular weight excluding hydrogens is 266 g/mol. The molecule has 1 saturated carbocycles. The zero-order chi connectivity index (χ0) is 14.3. The molecule has 0 bridgehead atoms.